The standard InChI is InChI=1S/C22H34N4O/c1-24(15-18-6-7-18)22(27)20-5-3-11-26(17-20)21-8-12-25(13-9-21)16-19-4-2-10-23-14-19/h2,4,10,14,18,20-21H,3,5-9,11-13,15-17H2,1H3. The molecule has 0 aromatic carbocycles. The molecule has 1 aromatic heterocycles. The van der Waals surface area contributed by atoms with Gasteiger partial charge in [-0.3, -0.25) is 19.6 Å². The molecule has 3 fully saturated rings. The minimum absolute atomic E-state index is 0.218. The Morgan fingerprint density at radius 1 is 1.19 bits per heavy atom. The molecule has 5 heteroatoms. The normalized spacial score (nSPS) is 25.4. The molecule has 3 heterocycles. The van der Waals surface area contributed by atoms with Gasteiger partial charge >= 0.3 is 0 Å². The number of pyridine rings is 1. The van der Waals surface area contributed by atoms with Gasteiger partial charge in [-0.1, -0.05) is 6.07 Å². The molecule has 1 saturated carbocycles. The van der Waals surface area contributed by atoms with Gasteiger partial charge in [0.2, 0.25) is 5.91 Å². The van der Waals surface area contributed by atoms with Gasteiger partial charge in [-0.05, 0) is 75.7 Å². The van der Waals surface area contributed by atoms with Crippen molar-refractivity contribution in [1.82, 2.24) is 19.7 Å². The summed E-state index contributed by atoms with van der Waals surface area (Å²) in [6, 6.07) is 4.84. The first kappa shape index (κ1) is 18.9. The maximum Gasteiger partial charge on any atom is 0.226 e. The lowest BCUT2D eigenvalue weighted by Gasteiger charge is -2.42. The first-order chi connectivity index (χ1) is 13.2. The van der Waals surface area contributed by atoms with E-state index in [4.69, 9.17) is 0 Å². The van der Waals surface area contributed by atoms with Crippen LogP contribution in [0.15, 0.2) is 24.5 Å². The Balaban J connectivity index is 1.24. The van der Waals surface area contributed by atoms with Gasteiger partial charge in [0.25, 0.3) is 0 Å². The fourth-order valence-corrected chi connectivity index (χ4v) is 4.82. The van der Waals surface area contributed by atoms with E-state index in [-0.39, 0.29) is 5.92 Å². The van der Waals surface area contributed by atoms with Crippen LogP contribution in [0.1, 0.15) is 44.1 Å². The van der Waals surface area contributed by atoms with Gasteiger partial charge in [-0.15, -0.1) is 0 Å². The second-order valence-electron chi connectivity index (χ2n) is 8.86. The number of hydrogen-bond acceptors (Lipinski definition) is 4. The highest BCUT2D eigenvalue weighted by Gasteiger charge is 2.34. The average Bonchev–Trinajstić information content (AvgIpc) is 3.53. The zero-order chi connectivity index (χ0) is 18.6. The third-order valence-electron chi connectivity index (χ3n) is 6.61. The molecule has 0 spiro atoms. The van der Waals surface area contributed by atoms with Crippen LogP contribution in [0.3, 0.4) is 0 Å². The van der Waals surface area contributed by atoms with Gasteiger partial charge in [0.1, 0.15) is 0 Å². The van der Waals surface area contributed by atoms with Crippen molar-refractivity contribution in [2.75, 3.05) is 39.8 Å². The quantitative estimate of drug-likeness (QED) is 0.772. The Bertz CT molecular complexity index is 610. The number of nitrogens with zero attached hydrogens (tertiary/aromatic N) is 4. The zero-order valence-electron chi connectivity index (χ0n) is 16.7. The van der Waals surface area contributed by atoms with E-state index in [1.165, 1.54) is 44.2 Å². The molecule has 27 heavy (non-hydrogen) atoms. The van der Waals surface area contributed by atoms with E-state index in [1.54, 1.807) is 0 Å². The second-order valence-corrected chi connectivity index (χ2v) is 8.86. The Morgan fingerprint density at radius 2 is 2.00 bits per heavy atom. The van der Waals surface area contributed by atoms with Crippen molar-refractivity contribution in [2.45, 2.75) is 51.1 Å². The van der Waals surface area contributed by atoms with Crippen LogP contribution in [0, 0.1) is 11.8 Å². The minimum Gasteiger partial charge on any atom is -0.345 e. The van der Waals surface area contributed by atoms with Crippen LogP contribution >= 0.6 is 0 Å². The summed E-state index contributed by atoms with van der Waals surface area (Å²) in [5, 5.41) is 0. The summed E-state index contributed by atoms with van der Waals surface area (Å²) < 4.78 is 0. The van der Waals surface area contributed by atoms with Gasteiger partial charge < -0.3 is 4.90 Å². The number of carbonyl (C=O) groups excluding carboxylic acids is 1. The predicted molar refractivity (Wildman–Crippen MR) is 107 cm³/mol. The highest BCUT2D eigenvalue weighted by Crippen LogP contribution is 2.31. The van der Waals surface area contributed by atoms with E-state index >= 15 is 0 Å². The smallest absolute Gasteiger partial charge is 0.226 e. The molecule has 2 aliphatic heterocycles. The molecule has 1 atom stereocenters. The fraction of sp³-hybridized carbons (Fsp3) is 0.727. The van der Waals surface area contributed by atoms with E-state index in [0.29, 0.717) is 11.9 Å². The molecular formula is C22H34N4O. The molecule has 1 aliphatic carbocycles. The highest BCUT2D eigenvalue weighted by atomic mass is 16.2. The number of aromatic nitrogens is 1. The Kier molecular flexibility index (Phi) is 6.08. The van der Waals surface area contributed by atoms with E-state index in [2.05, 4.69) is 20.9 Å². The van der Waals surface area contributed by atoms with Gasteiger partial charge in [0.15, 0.2) is 0 Å². The van der Waals surface area contributed by atoms with Crippen molar-refractivity contribution in [1.29, 1.82) is 0 Å². The summed E-state index contributed by atoms with van der Waals surface area (Å²) in [5.74, 6) is 1.39. The van der Waals surface area contributed by atoms with Crippen molar-refractivity contribution in [2.24, 2.45) is 11.8 Å². The molecule has 148 valence electrons. The zero-order valence-corrected chi connectivity index (χ0v) is 16.7. The monoisotopic (exact) mass is 370 g/mol. The number of piperidine rings is 2. The third kappa shape index (κ3) is 5.08. The van der Waals surface area contributed by atoms with Crippen LogP contribution < -0.4 is 0 Å². The van der Waals surface area contributed by atoms with Crippen LogP contribution in [-0.2, 0) is 11.3 Å². The van der Waals surface area contributed by atoms with Gasteiger partial charge in [0, 0.05) is 45.1 Å². The number of carbonyl (C=O) groups is 1. The second kappa shape index (κ2) is 8.70. The number of likely N-dealkylation sites (tertiary alicyclic amines) is 2. The molecule has 1 unspecified atom stereocenters. The SMILES string of the molecule is CN(CC1CC1)C(=O)C1CCCN(C2CCN(Cc3cccnc3)CC2)C1. The molecule has 4 rings (SSSR count). The summed E-state index contributed by atoms with van der Waals surface area (Å²) >= 11 is 0. The maximum absolute atomic E-state index is 12.8. The van der Waals surface area contributed by atoms with E-state index in [0.717, 1.165) is 45.1 Å². The van der Waals surface area contributed by atoms with Crippen LogP contribution in [0.25, 0.3) is 0 Å². The van der Waals surface area contributed by atoms with Crippen molar-refractivity contribution in [3.8, 4) is 0 Å². The van der Waals surface area contributed by atoms with E-state index < -0.39 is 0 Å². The third-order valence-corrected chi connectivity index (χ3v) is 6.61. The van der Waals surface area contributed by atoms with Gasteiger partial charge in [-0.2, -0.15) is 0 Å². The molecule has 0 radical (unpaired) electrons. The molecule has 1 amide bonds. The van der Waals surface area contributed by atoms with Crippen LogP contribution in [0.5, 0.6) is 0 Å². The lowest BCUT2D eigenvalue weighted by molar-refractivity contribution is -0.136. The van der Waals surface area contributed by atoms with Crippen LogP contribution in [0.2, 0.25) is 0 Å². The van der Waals surface area contributed by atoms with Crippen LogP contribution in [-0.4, -0.2) is 71.4 Å². The summed E-state index contributed by atoms with van der Waals surface area (Å²) in [7, 11) is 2.01. The first-order valence-corrected chi connectivity index (χ1v) is 10.8. The van der Waals surface area contributed by atoms with E-state index in [1.807, 2.05) is 30.4 Å². The topological polar surface area (TPSA) is 39.7 Å². The molecule has 1 aromatic rings. The number of hydrogen-bond donors (Lipinski definition) is 0. The number of rotatable bonds is 6. The molecule has 0 bridgehead atoms. The Labute approximate surface area is 163 Å². The lowest BCUT2D eigenvalue weighted by Crippen LogP contribution is -2.51. The summed E-state index contributed by atoms with van der Waals surface area (Å²) in [6.45, 7) is 6.42. The van der Waals surface area contributed by atoms with Crippen molar-refractivity contribution < 1.29 is 4.79 Å². The summed E-state index contributed by atoms with van der Waals surface area (Å²) in [4.78, 5) is 24.2. The largest absolute Gasteiger partial charge is 0.345 e. The molecule has 0 N–H and O–H groups in total. The molecular weight excluding hydrogens is 336 g/mol. The molecule has 2 saturated heterocycles. The van der Waals surface area contributed by atoms with Gasteiger partial charge in [0.05, 0.1) is 5.92 Å². The molecule has 5 nitrogen and oxygen atoms in total. The Hall–Kier alpha value is -1.46. The maximum atomic E-state index is 12.8. The van der Waals surface area contributed by atoms with Crippen LogP contribution in [0.4, 0.5) is 0 Å². The molecule has 3 aliphatic rings. The predicted octanol–water partition coefficient (Wildman–Crippen LogP) is 2.63. The highest BCUT2D eigenvalue weighted by molar-refractivity contribution is 5.79. The average molecular weight is 371 g/mol. The first-order valence-electron chi connectivity index (χ1n) is 10.8. The van der Waals surface area contributed by atoms with Crippen molar-refractivity contribution in [3.05, 3.63) is 30.1 Å². The van der Waals surface area contributed by atoms with Crippen molar-refractivity contribution in [3.63, 3.8) is 0 Å². The fourth-order valence-electron chi connectivity index (χ4n) is 4.82. The number of amides is 1. The van der Waals surface area contributed by atoms with Gasteiger partial charge in [-0.25, -0.2) is 0 Å². The summed E-state index contributed by atoms with van der Waals surface area (Å²) in [5.41, 5.74) is 1.30. The Morgan fingerprint density at radius 3 is 2.70 bits per heavy atom. The minimum atomic E-state index is 0.218. The van der Waals surface area contributed by atoms with Crippen molar-refractivity contribution >= 4 is 5.91 Å². The van der Waals surface area contributed by atoms with E-state index in [9.17, 15) is 4.79 Å². The lowest BCUT2D eigenvalue weighted by atomic mass is 9.92. The summed E-state index contributed by atoms with van der Waals surface area (Å²) in [6.07, 6.45) is 11.1.